The second kappa shape index (κ2) is 4.78. The van der Waals surface area contributed by atoms with E-state index in [1.807, 2.05) is 6.07 Å². The SMILES string of the molecule is COc1ccc2c(c1)CC1NCCc3ccc(OC)c-2c31. The molecule has 0 saturated carbocycles. The predicted molar refractivity (Wildman–Crippen MR) is 83.1 cm³/mol. The molecular formula is C18H19NO2. The highest BCUT2D eigenvalue weighted by Gasteiger charge is 2.31. The van der Waals surface area contributed by atoms with Gasteiger partial charge in [-0.3, -0.25) is 0 Å². The summed E-state index contributed by atoms with van der Waals surface area (Å²) >= 11 is 0. The Morgan fingerprint density at radius 2 is 1.95 bits per heavy atom. The molecule has 21 heavy (non-hydrogen) atoms. The molecular weight excluding hydrogens is 262 g/mol. The zero-order chi connectivity index (χ0) is 14.4. The maximum absolute atomic E-state index is 5.64. The summed E-state index contributed by atoms with van der Waals surface area (Å²) < 4.78 is 11.0. The Bertz CT molecular complexity index is 709. The van der Waals surface area contributed by atoms with Crippen LogP contribution >= 0.6 is 0 Å². The molecule has 0 aromatic heterocycles. The van der Waals surface area contributed by atoms with Crippen LogP contribution in [0.2, 0.25) is 0 Å². The van der Waals surface area contributed by atoms with Gasteiger partial charge in [0.2, 0.25) is 0 Å². The summed E-state index contributed by atoms with van der Waals surface area (Å²) in [7, 11) is 3.47. The molecule has 3 heteroatoms. The first-order valence-electron chi connectivity index (χ1n) is 7.42. The molecule has 1 aliphatic heterocycles. The first-order chi connectivity index (χ1) is 10.3. The number of ether oxygens (including phenoxy) is 2. The van der Waals surface area contributed by atoms with Crippen LogP contribution in [-0.2, 0) is 12.8 Å². The van der Waals surface area contributed by atoms with Gasteiger partial charge in [0.1, 0.15) is 11.5 Å². The number of nitrogens with one attached hydrogen (secondary N) is 1. The fraction of sp³-hybridized carbons (Fsp3) is 0.333. The van der Waals surface area contributed by atoms with Crippen molar-refractivity contribution in [3.8, 4) is 22.6 Å². The van der Waals surface area contributed by atoms with Gasteiger partial charge in [-0.25, -0.2) is 0 Å². The third-order valence-corrected chi connectivity index (χ3v) is 4.66. The number of methoxy groups -OCH3 is 2. The van der Waals surface area contributed by atoms with Crippen molar-refractivity contribution < 1.29 is 9.47 Å². The van der Waals surface area contributed by atoms with Crippen LogP contribution in [0.5, 0.6) is 11.5 Å². The number of hydrogen-bond donors (Lipinski definition) is 1. The van der Waals surface area contributed by atoms with Gasteiger partial charge in [-0.05, 0) is 59.8 Å². The van der Waals surface area contributed by atoms with Gasteiger partial charge < -0.3 is 14.8 Å². The van der Waals surface area contributed by atoms with Crippen LogP contribution in [0.3, 0.4) is 0 Å². The minimum absolute atomic E-state index is 0.387. The third-order valence-electron chi connectivity index (χ3n) is 4.66. The Labute approximate surface area is 124 Å². The maximum Gasteiger partial charge on any atom is 0.127 e. The molecule has 1 aliphatic carbocycles. The summed E-state index contributed by atoms with van der Waals surface area (Å²) in [6.45, 7) is 1.04. The van der Waals surface area contributed by atoms with Crippen molar-refractivity contribution >= 4 is 0 Å². The van der Waals surface area contributed by atoms with E-state index in [1.54, 1.807) is 14.2 Å². The zero-order valence-electron chi connectivity index (χ0n) is 12.4. The number of fused-ring (bicyclic) bond motifs is 2. The Kier molecular flexibility index (Phi) is 2.89. The lowest BCUT2D eigenvalue weighted by Gasteiger charge is -2.35. The summed E-state index contributed by atoms with van der Waals surface area (Å²) in [5, 5.41) is 3.65. The lowest BCUT2D eigenvalue weighted by Crippen LogP contribution is -2.33. The van der Waals surface area contributed by atoms with Crippen LogP contribution in [-0.4, -0.2) is 20.8 Å². The number of rotatable bonds is 2. The van der Waals surface area contributed by atoms with Crippen LogP contribution < -0.4 is 14.8 Å². The van der Waals surface area contributed by atoms with Gasteiger partial charge in [-0.15, -0.1) is 0 Å². The van der Waals surface area contributed by atoms with Crippen LogP contribution in [0.25, 0.3) is 11.1 Å². The highest BCUT2D eigenvalue weighted by Crippen LogP contribution is 2.47. The average Bonchev–Trinajstić information content (AvgIpc) is 2.54. The monoisotopic (exact) mass is 281 g/mol. The first kappa shape index (κ1) is 12.7. The smallest absolute Gasteiger partial charge is 0.127 e. The molecule has 1 N–H and O–H groups in total. The Morgan fingerprint density at radius 3 is 2.76 bits per heavy atom. The molecule has 4 rings (SSSR count). The van der Waals surface area contributed by atoms with E-state index in [1.165, 1.54) is 27.8 Å². The Hall–Kier alpha value is -2.00. The molecule has 1 atom stereocenters. The summed E-state index contributed by atoms with van der Waals surface area (Å²) in [5.74, 6) is 1.89. The molecule has 108 valence electrons. The van der Waals surface area contributed by atoms with Gasteiger partial charge in [-0.1, -0.05) is 12.1 Å². The van der Waals surface area contributed by atoms with Crippen molar-refractivity contribution in [3.05, 3.63) is 47.0 Å². The minimum atomic E-state index is 0.387. The lowest BCUT2D eigenvalue weighted by molar-refractivity contribution is 0.409. The summed E-state index contributed by atoms with van der Waals surface area (Å²) in [6.07, 6.45) is 2.11. The predicted octanol–water partition coefficient (Wildman–Crippen LogP) is 3.11. The van der Waals surface area contributed by atoms with Gasteiger partial charge in [0.05, 0.1) is 14.2 Å². The number of benzene rings is 2. The lowest BCUT2D eigenvalue weighted by atomic mass is 9.77. The first-order valence-corrected chi connectivity index (χ1v) is 7.42. The fourth-order valence-corrected chi connectivity index (χ4v) is 3.69. The van der Waals surface area contributed by atoms with Crippen molar-refractivity contribution in [2.45, 2.75) is 18.9 Å². The van der Waals surface area contributed by atoms with Crippen LogP contribution in [0.15, 0.2) is 30.3 Å². The molecule has 1 unspecified atom stereocenters. The zero-order valence-corrected chi connectivity index (χ0v) is 12.4. The molecule has 1 heterocycles. The van der Waals surface area contributed by atoms with Crippen LogP contribution in [0, 0.1) is 0 Å². The van der Waals surface area contributed by atoms with Gasteiger partial charge in [0.15, 0.2) is 0 Å². The highest BCUT2D eigenvalue weighted by molar-refractivity contribution is 5.81. The number of hydrogen-bond acceptors (Lipinski definition) is 3. The quantitative estimate of drug-likeness (QED) is 0.917. The largest absolute Gasteiger partial charge is 0.497 e. The standard InChI is InChI=1S/C18H19NO2/c1-20-13-4-5-14-12(9-13)10-15-17-11(7-8-19-15)3-6-16(21-2)18(14)17/h3-6,9,15,19H,7-8,10H2,1-2H3. The van der Waals surface area contributed by atoms with Crippen molar-refractivity contribution in [1.82, 2.24) is 5.32 Å². The van der Waals surface area contributed by atoms with Gasteiger partial charge >= 0.3 is 0 Å². The van der Waals surface area contributed by atoms with Gasteiger partial charge in [0, 0.05) is 11.6 Å². The Morgan fingerprint density at radius 1 is 1.05 bits per heavy atom. The van der Waals surface area contributed by atoms with E-state index in [-0.39, 0.29) is 0 Å². The second-order valence-electron chi connectivity index (χ2n) is 5.70. The van der Waals surface area contributed by atoms with E-state index in [2.05, 4.69) is 29.6 Å². The normalized spacial score (nSPS) is 18.7. The molecule has 0 amide bonds. The molecule has 0 spiro atoms. The Balaban J connectivity index is 2.00. The van der Waals surface area contributed by atoms with E-state index < -0.39 is 0 Å². The molecule has 2 aromatic carbocycles. The maximum atomic E-state index is 5.64. The van der Waals surface area contributed by atoms with Crippen molar-refractivity contribution in [1.29, 1.82) is 0 Å². The average molecular weight is 281 g/mol. The summed E-state index contributed by atoms with van der Waals surface area (Å²) in [4.78, 5) is 0. The summed E-state index contributed by atoms with van der Waals surface area (Å²) in [5.41, 5.74) is 6.76. The molecule has 2 aliphatic rings. The molecule has 0 radical (unpaired) electrons. The van der Waals surface area contributed by atoms with E-state index >= 15 is 0 Å². The van der Waals surface area contributed by atoms with E-state index in [0.29, 0.717) is 6.04 Å². The molecule has 0 saturated heterocycles. The fourth-order valence-electron chi connectivity index (χ4n) is 3.69. The molecule has 2 aromatic rings. The second-order valence-corrected chi connectivity index (χ2v) is 5.70. The van der Waals surface area contributed by atoms with Crippen molar-refractivity contribution in [3.63, 3.8) is 0 Å². The molecule has 0 fully saturated rings. The highest BCUT2D eigenvalue weighted by atomic mass is 16.5. The minimum Gasteiger partial charge on any atom is -0.497 e. The van der Waals surface area contributed by atoms with E-state index in [9.17, 15) is 0 Å². The van der Waals surface area contributed by atoms with E-state index in [0.717, 1.165) is 30.9 Å². The topological polar surface area (TPSA) is 30.5 Å². The third kappa shape index (κ3) is 1.84. The molecule has 3 nitrogen and oxygen atoms in total. The van der Waals surface area contributed by atoms with E-state index in [4.69, 9.17) is 9.47 Å². The van der Waals surface area contributed by atoms with Crippen LogP contribution in [0.4, 0.5) is 0 Å². The van der Waals surface area contributed by atoms with Crippen molar-refractivity contribution in [2.75, 3.05) is 20.8 Å². The van der Waals surface area contributed by atoms with Gasteiger partial charge in [-0.2, -0.15) is 0 Å². The van der Waals surface area contributed by atoms with Crippen LogP contribution in [0.1, 0.15) is 22.7 Å². The summed E-state index contributed by atoms with van der Waals surface area (Å²) in [6, 6.07) is 11.1. The van der Waals surface area contributed by atoms with Crippen molar-refractivity contribution in [2.24, 2.45) is 0 Å². The van der Waals surface area contributed by atoms with Gasteiger partial charge in [0.25, 0.3) is 0 Å². The molecule has 0 bridgehead atoms.